The molecular weight excluding hydrogens is 472 g/mol. The minimum absolute atomic E-state index is 0.114. The van der Waals surface area contributed by atoms with Crippen LogP contribution in [-0.4, -0.2) is 37.3 Å². The van der Waals surface area contributed by atoms with Crippen LogP contribution in [0.1, 0.15) is 34.7 Å². The number of aromatic nitrogens is 1. The lowest BCUT2D eigenvalue weighted by Gasteiger charge is -2.32. The van der Waals surface area contributed by atoms with E-state index in [1.54, 1.807) is 12.1 Å². The van der Waals surface area contributed by atoms with Crippen LogP contribution in [0.5, 0.6) is 0 Å². The number of fused-ring (bicyclic) bond motifs is 1. The predicted octanol–water partition coefficient (Wildman–Crippen LogP) is 5.27. The fourth-order valence-corrected chi connectivity index (χ4v) is 5.62. The van der Waals surface area contributed by atoms with E-state index in [0.29, 0.717) is 30.6 Å². The van der Waals surface area contributed by atoms with Gasteiger partial charge in [0.1, 0.15) is 0 Å². The fourth-order valence-electron chi connectivity index (χ4n) is 4.55. The summed E-state index contributed by atoms with van der Waals surface area (Å²) < 4.78 is 53.8. The van der Waals surface area contributed by atoms with Crippen molar-refractivity contribution in [2.75, 3.05) is 17.8 Å². The van der Waals surface area contributed by atoms with Gasteiger partial charge in [0.05, 0.1) is 4.90 Å². The molecule has 6 nitrogen and oxygen atoms in total. The summed E-state index contributed by atoms with van der Waals surface area (Å²) >= 11 is 0. The molecule has 1 saturated heterocycles. The lowest BCUT2D eigenvalue weighted by atomic mass is 9.89. The van der Waals surface area contributed by atoms with E-state index in [1.807, 2.05) is 17.0 Å². The van der Waals surface area contributed by atoms with Crippen LogP contribution < -0.4 is 4.72 Å². The number of amides is 1. The number of carbonyl (C=O) groups is 1. The molecule has 180 valence electrons. The van der Waals surface area contributed by atoms with Gasteiger partial charge in [0.25, 0.3) is 15.9 Å². The summed E-state index contributed by atoms with van der Waals surface area (Å²) in [6.45, 7) is 1.26. The first kappa shape index (κ1) is 23.0. The first-order valence-corrected chi connectivity index (χ1v) is 12.7. The minimum Gasteiger partial charge on any atom is -0.361 e. The molecule has 1 amide bonds. The standard InChI is InChI=1S/C26H23F2N3O3S/c27-23-10-9-20(15-24(23)28)35(33,34)30-19-7-5-18(6-8-19)26(32)31-13-11-17(12-14-31)22-16-29-25-4-2-1-3-21(22)25/h1-10,15-17,29-30H,11-14H2. The molecule has 0 bridgehead atoms. The zero-order chi connectivity index (χ0) is 24.6. The molecule has 1 fully saturated rings. The number of rotatable bonds is 5. The summed E-state index contributed by atoms with van der Waals surface area (Å²) in [6, 6.07) is 16.6. The van der Waals surface area contributed by atoms with E-state index < -0.39 is 26.6 Å². The van der Waals surface area contributed by atoms with Crippen molar-refractivity contribution in [2.24, 2.45) is 0 Å². The monoisotopic (exact) mass is 495 g/mol. The van der Waals surface area contributed by atoms with Crippen LogP contribution in [0.15, 0.2) is 77.8 Å². The van der Waals surface area contributed by atoms with Crippen LogP contribution in [0.4, 0.5) is 14.5 Å². The van der Waals surface area contributed by atoms with Crippen LogP contribution >= 0.6 is 0 Å². The number of halogens is 2. The topological polar surface area (TPSA) is 82.3 Å². The van der Waals surface area contributed by atoms with Crippen molar-refractivity contribution in [3.63, 3.8) is 0 Å². The van der Waals surface area contributed by atoms with Gasteiger partial charge >= 0.3 is 0 Å². The van der Waals surface area contributed by atoms with E-state index in [-0.39, 0.29) is 11.6 Å². The molecule has 5 rings (SSSR count). The Morgan fingerprint density at radius 3 is 2.37 bits per heavy atom. The van der Waals surface area contributed by atoms with Crippen LogP contribution in [0.25, 0.3) is 10.9 Å². The summed E-state index contributed by atoms with van der Waals surface area (Å²) in [7, 11) is -4.10. The molecule has 2 N–H and O–H groups in total. The Morgan fingerprint density at radius 1 is 0.943 bits per heavy atom. The number of hydrogen-bond donors (Lipinski definition) is 2. The first-order valence-electron chi connectivity index (χ1n) is 11.2. The molecule has 0 spiro atoms. The van der Waals surface area contributed by atoms with Gasteiger partial charge in [-0.15, -0.1) is 0 Å². The molecular formula is C26H23F2N3O3S. The summed E-state index contributed by atoms with van der Waals surface area (Å²) in [6.07, 6.45) is 3.78. The number of hydrogen-bond acceptors (Lipinski definition) is 3. The number of nitrogens with one attached hydrogen (secondary N) is 2. The number of anilines is 1. The van der Waals surface area contributed by atoms with Crippen molar-refractivity contribution < 1.29 is 22.0 Å². The highest BCUT2D eigenvalue weighted by Crippen LogP contribution is 2.33. The van der Waals surface area contributed by atoms with E-state index in [9.17, 15) is 22.0 Å². The van der Waals surface area contributed by atoms with Gasteiger partial charge < -0.3 is 9.88 Å². The molecule has 2 heterocycles. The van der Waals surface area contributed by atoms with Gasteiger partial charge in [-0.2, -0.15) is 0 Å². The number of piperidine rings is 1. The second-order valence-electron chi connectivity index (χ2n) is 8.61. The van der Waals surface area contributed by atoms with Gasteiger partial charge in [-0.3, -0.25) is 9.52 Å². The molecule has 1 aliphatic heterocycles. The Morgan fingerprint density at radius 2 is 1.66 bits per heavy atom. The maximum absolute atomic E-state index is 13.4. The van der Waals surface area contributed by atoms with Crippen molar-refractivity contribution in [3.05, 3.63) is 95.7 Å². The minimum atomic E-state index is -4.10. The van der Waals surface area contributed by atoms with E-state index in [2.05, 4.69) is 28.0 Å². The molecule has 0 radical (unpaired) electrons. The molecule has 4 aromatic rings. The molecule has 0 atom stereocenters. The van der Waals surface area contributed by atoms with E-state index >= 15 is 0 Å². The highest BCUT2D eigenvalue weighted by Gasteiger charge is 2.26. The number of H-pyrrole nitrogens is 1. The summed E-state index contributed by atoms with van der Waals surface area (Å²) in [5, 5.41) is 1.22. The number of para-hydroxylation sites is 1. The quantitative estimate of drug-likeness (QED) is 0.396. The zero-order valence-electron chi connectivity index (χ0n) is 18.7. The average molecular weight is 496 g/mol. The fraction of sp³-hybridized carbons (Fsp3) is 0.192. The van der Waals surface area contributed by atoms with Crippen LogP contribution in [0, 0.1) is 11.6 Å². The SMILES string of the molecule is O=C(c1ccc(NS(=O)(=O)c2ccc(F)c(F)c2)cc1)N1CCC(c2c[nH]c3ccccc23)CC1. The van der Waals surface area contributed by atoms with Crippen molar-refractivity contribution in [3.8, 4) is 0 Å². The van der Waals surface area contributed by atoms with E-state index in [1.165, 1.54) is 23.1 Å². The van der Waals surface area contributed by atoms with Gasteiger partial charge in [0.15, 0.2) is 11.6 Å². The molecule has 0 aliphatic carbocycles. The first-order chi connectivity index (χ1) is 16.8. The Bertz CT molecular complexity index is 1490. The second-order valence-corrected chi connectivity index (χ2v) is 10.3. The summed E-state index contributed by atoms with van der Waals surface area (Å²) in [4.78, 5) is 17.7. The summed E-state index contributed by atoms with van der Waals surface area (Å²) in [5.41, 5.74) is 3.06. The van der Waals surface area contributed by atoms with Gasteiger partial charge in [-0.05, 0) is 72.9 Å². The highest BCUT2D eigenvalue weighted by atomic mass is 32.2. The third-order valence-corrected chi connectivity index (χ3v) is 7.81. The predicted molar refractivity (Wildman–Crippen MR) is 130 cm³/mol. The third kappa shape index (κ3) is 4.64. The highest BCUT2D eigenvalue weighted by molar-refractivity contribution is 7.92. The van der Waals surface area contributed by atoms with Gasteiger partial charge in [-0.1, -0.05) is 18.2 Å². The lowest BCUT2D eigenvalue weighted by molar-refractivity contribution is 0.0713. The van der Waals surface area contributed by atoms with Gasteiger partial charge in [-0.25, -0.2) is 17.2 Å². The molecule has 1 aliphatic rings. The zero-order valence-corrected chi connectivity index (χ0v) is 19.5. The number of nitrogens with zero attached hydrogens (tertiary/aromatic N) is 1. The van der Waals surface area contributed by atoms with Crippen molar-refractivity contribution in [1.82, 2.24) is 9.88 Å². The number of sulfonamides is 1. The molecule has 35 heavy (non-hydrogen) atoms. The number of carbonyl (C=O) groups excluding carboxylic acids is 1. The van der Waals surface area contributed by atoms with Crippen molar-refractivity contribution >= 4 is 32.5 Å². The molecule has 0 saturated carbocycles. The smallest absolute Gasteiger partial charge is 0.261 e. The molecule has 3 aromatic carbocycles. The van der Waals surface area contributed by atoms with Crippen LogP contribution in [-0.2, 0) is 10.0 Å². The van der Waals surface area contributed by atoms with Gasteiger partial charge in [0.2, 0.25) is 0 Å². The van der Waals surface area contributed by atoms with Gasteiger partial charge in [0, 0.05) is 41.4 Å². The Hall–Kier alpha value is -3.72. The lowest BCUT2D eigenvalue weighted by Crippen LogP contribution is -2.37. The number of likely N-dealkylation sites (tertiary alicyclic amines) is 1. The summed E-state index contributed by atoms with van der Waals surface area (Å²) in [5.74, 6) is -2.11. The molecule has 9 heteroatoms. The number of aromatic amines is 1. The largest absolute Gasteiger partial charge is 0.361 e. The second kappa shape index (κ2) is 9.14. The molecule has 0 unspecified atom stereocenters. The Labute approximate surface area is 201 Å². The number of benzene rings is 3. The Balaban J connectivity index is 1.23. The van der Waals surface area contributed by atoms with E-state index in [4.69, 9.17) is 0 Å². The van der Waals surface area contributed by atoms with E-state index in [0.717, 1.165) is 30.5 Å². The van der Waals surface area contributed by atoms with Crippen molar-refractivity contribution in [1.29, 1.82) is 0 Å². The maximum atomic E-state index is 13.4. The third-order valence-electron chi connectivity index (χ3n) is 6.43. The normalized spacial score (nSPS) is 14.9. The molecule has 1 aromatic heterocycles. The Kier molecular flexibility index (Phi) is 6.02. The van der Waals surface area contributed by atoms with Crippen LogP contribution in [0.3, 0.4) is 0 Å². The van der Waals surface area contributed by atoms with Crippen molar-refractivity contribution in [2.45, 2.75) is 23.7 Å². The average Bonchev–Trinajstić information content (AvgIpc) is 3.30. The van der Waals surface area contributed by atoms with Crippen LogP contribution in [0.2, 0.25) is 0 Å². The maximum Gasteiger partial charge on any atom is 0.261 e.